The fourth-order valence-corrected chi connectivity index (χ4v) is 0.915. The smallest absolute Gasteiger partial charge is 0.344 e. The van der Waals surface area contributed by atoms with Crippen LogP contribution in [0, 0.1) is 0 Å². The first kappa shape index (κ1) is 11.8. The van der Waals surface area contributed by atoms with Crippen molar-refractivity contribution in [3.63, 3.8) is 0 Å². The number of aromatic carboxylic acids is 1. The van der Waals surface area contributed by atoms with Gasteiger partial charge in [0.25, 0.3) is 0 Å². The molecule has 0 fully saturated rings. The monoisotopic (exact) mass is 248 g/mol. The van der Waals surface area contributed by atoms with Gasteiger partial charge in [-0.3, -0.25) is 0 Å². The highest BCUT2D eigenvalue weighted by Gasteiger charge is 2.14. The lowest BCUT2D eigenvalue weighted by molar-refractivity contribution is -0.132. The summed E-state index contributed by atoms with van der Waals surface area (Å²) in [7, 11) is 0. The average Bonchev–Trinajstić information content (AvgIpc) is 2.18. The summed E-state index contributed by atoms with van der Waals surface area (Å²) in [6, 6.07) is 5.31. The molecule has 80 valence electrons. The Kier molecular flexibility index (Phi) is 3.94. The molecule has 1 aromatic rings. The lowest BCUT2D eigenvalue weighted by atomic mass is 10.2. The zero-order valence-electron chi connectivity index (χ0n) is 7.31. The van der Waals surface area contributed by atoms with Gasteiger partial charge in [-0.15, -0.1) is 0 Å². The van der Waals surface area contributed by atoms with Crippen LogP contribution in [0.1, 0.15) is 10.4 Å². The topological polar surface area (TPSA) is 63.6 Å². The number of rotatable bonds is 3. The highest BCUT2D eigenvalue weighted by molar-refractivity contribution is 6.53. The Morgan fingerprint density at radius 2 is 1.73 bits per heavy atom. The summed E-state index contributed by atoms with van der Waals surface area (Å²) in [5.74, 6) is -1.67. The van der Waals surface area contributed by atoms with Crippen molar-refractivity contribution in [1.82, 2.24) is 0 Å². The zero-order valence-corrected chi connectivity index (χ0v) is 8.83. The van der Waals surface area contributed by atoms with Crippen LogP contribution in [0.5, 0.6) is 5.75 Å². The minimum absolute atomic E-state index is 0.100. The summed E-state index contributed by atoms with van der Waals surface area (Å²) in [6.07, 6.45) is 0. The molecule has 4 nitrogen and oxygen atoms in total. The molecule has 0 unspecified atom stereocenters. The molecular weight excluding hydrogens is 243 g/mol. The second-order valence-electron chi connectivity index (χ2n) is 2.55. The molecule has 0 heterocycles. The first-order valence-electron chi connectivity index (χ1n) is 3.84. The van der Waals surface area contributed by atoms with Crippen molar-refractivity contribution in [2.24, 2.45) is 0 Å². The number of carbonyl (C=O) groups excluding carboxylic acids is 1. The van der Waals surface area contributed by atoms with Gasteiger partial charge in [-0.2, -0.15) is 0 Å². The van der Waals surface area contributed by atoms with Crippen molar-refractivity contribution >= 4 is 35.1 Å². The van der Waals surface area contributed by atoms with Gasteiger partial charge in [-0.1, -0.05) is 23.2 Å². The fourth-order valence-electron chi connectivity index (χ4n) is 0.826. The molecule has 0 amide bonds. The highest BCUT2D eigenvalue weighted by Crippen LogP contribution is 2.14. The van der Waals surface area contributed by atoms with Crippen LogP contribution < -0.4 is 4.74 Å². The van der Waals surface area contributed by atoms with Gasteiger partial charge in [0.2, 0.25) is 4.84 Å². The summed E-state index contributed by atoms with van der Waals surface area (Å²) in [6.45, 7) is 0. The van der Waals surface area contributed by atoms with E-state index < -0.39 is 16.8 Å². The first-order chi connectivity index (χ1) is 7.00. The molecule has 0 aliphatic carbocycles. The van der Waals surface area contributed by atoms with Crippen LogP contribution in [0.15, 0.2) is 24.3 Å². The molecule has 0 atom stereocenters. The van der Waals surface area contributed by atoms with Crippen LogP contribution in [0.4, 0.5) is 0 Å². The lowest BCUT2D eigenvalue weighted by Crippen LogP contribution is -2.15. The van der Waals surface area contributed by atoms with Gasteiger partial charge < -0.3 is 9.84 Å². The molecule has 0 saturated carbocycles. The predicted molar refractivity (Wildman–Crippen MR) is 54.5 cm³/mol. The molecule has 15 heavy (non-hydrogen) atoms. The maximum Gasteiger partial charge on any atom is 0.344 e. The van der Waals surface area contributed by atoms with Crippen molar-refractivity contribution < 1.29 is 19.4 Å². The Labute approximate surface area is 95.4 Å². The quantitative estimate of drug-likeness (QED) is 0.506. The number of carboxylic acids is 1. The van der Waals surface area contributed by atoms with E-state index in [0.717, 1.165) is 0 Å². The van der Waals surface area contributed by atoms with Crippen molar-refractivity contribution in [1.29, 1.82) is 0 Å². The minimum atomic E-state index is -1.26. The number of halogens is 2. The molecule has 1 N–H and O–H groups in total. The Hall–Kier alpha value is -1.26. The van der Waals surface area contributed by atoms with E-state index in [1.807, 2.05) is 0 Å². The number of alkyl halides is 2. The lowest BCUT2D eigenvalue weighted by Gasteiger charge is -2.04. The van der Waals surface area contributed by atoms with E-state index in [2.05, 4.69) is 0 Å². The van der Waals surface area contributed by atoms with Gasteiger partial charge in [0.1, 0.15) is 5.75 Å². The van der Waals surface area contributed by atoms with Crippen LogP contribution in [0.2, 0.25) is 0 Å². The maximum atomic E-state index is 10.9. The Morgan fingerprint density at radius 3 is 2.13 bits per heavy atom. The van der Waals surface area contributed by atoms with Crippen molar-refractivity contribution in [3.8, 4) is 5.75 Å². The molecule has 0 aliphatic rings. The molecule has 0 bridgehead atoms. The van der Waals surface area contributed by atoms with E-state index in [1.165, 1.54) is 24.3 Å². The molecule has 1 aromatic carbocycles. The first-order valence-corrected chi connectivity index (χ1v) is 4.71. The summed E-state index contributed by atoms with van der Waals surface area (Å²) >= 11 is 10.5. The second-order valence-corrected chi connectivity index (χ2v) is 3.65. The molecule has 0 radical (unpaired) electrons. The number of benzene rings is 1. The molecule has 6 heteroatoms. The van der Waals surface area contributed by atoms with Gasteiger partial charge in [0.05, 0.1) is 5.56 Å². The van der Waals surface area contributed by atoms with Gasteiger partial charge >= 0.3 is 11.9 Å². The van der Waals surface area contributed by atoms with Crippen LogP contribution in [-0.2, 0) is 4.79 Å². The van der Waals surface area contributed by atoms with E-state index in [1.54, 1.807) is 0 Å². The number of carbonyl (C=O) groups is 2. The summed E-state index contributed by atoms with van der Waals surface area (Å²) < 4.78 is 4.71. The minimum Gasteiger partial charge on any atom is -0.478 e. The van der Waals surface area contributed by atoms with Gasteiger partial charge in [0.15, 0.2) is 0 Å². The largest absolute Gasteiger partial charge is 0.478 e. The van der Waals surface area contributed by atoms with E-state index >= 15 is 0 Å². The van der Waals surface area contributed by atoms with Crippen molar-refractivity contribution in [2.75, 3.05) is 0 Å². The zero-order chi connectivity index (χ0) is 11.4. The molecule has 1 rings (SSSR count). The molecule has 0 saturated heterocycles. The van der Waals surface area contributed by atoms with Crippen LogP contribution in [-0.4, -0.2) is 21.9 Å². The Bertz CT molecular complexity index is 372. The number of hydrogen-bond donors (Lipinski definition) is 1. The SMILES string of the molecule is O=C(O)c1ccc(OC(=O)C(Cl)Cl)cc1. The van der Waals surface area contributed by atoms with Gasteiger partial charge in [0, 0.05) is 0 Å². The van der Waals surface area contributed by atoms with Crippen LogP contribution in [0.3, 0.4) is 0 Å². The Morgan fingerprint density at radius 1 is 1.20 bits per heavy atom. The van der Waals surface area contributed by atoms with E-state index in [0.29, 0.717) is 0 Å². The van der Waals surface area contributed by atoms with Crippen LogP contribution >= 0.6 is 23.2 Å². The third-order valence-corrected chi connectivity index (χ3v) is 1.85. The van der Waals surface area contributed by atoms with E-state index in [-0.39, 0.29) is 11.3 Å². The van der Waals surface area contributed by atoms with E-state index in [9.17, 15) is 9.59 Å². The number of esters is 1. The third-order valence-electron chi connectivity index (χ3n) is 1.50. The van der Waals surface area contributed by atoms with Crippen molar-refractivity contribution in [3.05, 3.63) is 29.8 Å². The van der Waals surface area contributed by atoms with Gasteiger partial charge in [-0.25, -0.2) is 9.59 Å². The van der Waals surface area contributed by atoms with Crippen LogP contribution in [0.25, 0.3) is 0 Å². The van der Waals surface area contributed by atoms with Crippen molar-refractivity contribution in [2.45, 2.75) is 4.84 Å². The standard InChI is InChI=1S/C9H6Cl2O4/c10-7(11)9(14)15-6-3-1-5(2-4-6)8(12)13/h1-4,7H,(H,12,13). The molecular formula is C9H6Cl2O4. The molecule has 0 spiro atoms. The predicted octanol–water partition coefficient (Wildman–Crippen LogP) is 2.09. The van der Waals surface area contributed by atoms with Gasteiger partial charge in [-0.05, 0) is 24.3 Å². The normalized spacial score (nSPS) is 10.1. The molecule has 0 aliphatic heterocycles. The Balaban J connectivity index is 2.73. The summed E-state index contributed by atoms with van der Waals surface area (Å²) in [5.41, 5.74) is 0.100. The second kappa shape index (κ2) is 5.00. The van der Waals surface area contributed by atoms with E-state index in [4.69, 9.17) is 33.0 Å². The summed E-state index contributed by atoms with van der Waals surface area (Å²) in [4.78, 5) is 20.2. The average molecular weight is 249 g/mol. The summed E-state index contributed by atoms with van der Waals surface area (Å²) in [5, 5.41) is 8.60. The number of hydrogen-bond acceptors (Lipinski definition) is 3. The fraction of sp³-hybridized carbons (Fsp3) is 0.111. The maximum absolute atomic E-state index is 10.9. The number of ether oxygens (including phenoxy) is 1. The molecule has 0 aromatic heterocycles. The third kappa shape index (κ3) is 3.42. The highest BCUT2D eigenvalue weighted by atomic mass is 35.5. The number of carboxylic acid groups (broad SMARTS) is 1.